The highest BCUT2D eigenvalue weighted by atomic mass is 32.1. The number of nitrogens with one attached hydrogen (secondary N) is 1. The second-order valence-corrected chi connectivity index (χ2v) is 6.72. The number of carbonyl (C=O) groups excluding carboxylic acids is 1. The molecule has 1 amide bonds. The highest BCUT2D eigenvalue weighted by Gasteiger charge is 2.38. The van der Waals surface area contributed by atoms with E-state index < -0.39 is 11.4 Å². The number of carbonyl (C=O) groups is 2. The van der Waals surface area contributed by atoms with Crippen LogP contribution in [0.5, 0.6) is 0 Å². The van der Waals surface area contributed by atoms with Gasteiger partial charge in [-0.1, -0.05) is 13.8 Å². The Labute approximate surface area is 117 Å². The molecule has 1 atom stereocenters. The predicted molar refractivity (Wildman–Crippen MR) is 76.1 cm³/mol. The van der Waals surface area contributed by atoms with E-state index in [4.69, 9.17) is 0 Å². The Kier molecular flexibility index (Phi) is 5.11. The summed E-state index contributed by atoms with van der Waals surface area (Å²) in [4.78, 5) is 25.4. The van der Waals surface area contributed by atoms with Gasteiger partial charge >= 0.3 is 5.97 Å². The molecule has 1 aromatic rings. The third-order valence-electron chi connectivity index (χ3n) is 3.55. The van der Waals surface area contributed by atoms with Crippen LogP contribution in [0.2, 0.25) is 0 Å². The Balaban J connectivity index is 2.57. The summed E-state index contributed by atoms with van der Waals surface area (Å²) in [6, 6.07) is 3.97. The molecule has 0 aliphatic heterocycles. The van der Waals surface area contributed by atoms with Crippen LogP contribution in [0.15, 0.2) is 12.1 Å². The van der Waals surface area contributed by atoms with E-state index in [0.29, 0.717) is 6.54 Å². The Morgan fingerprint density at radius 2 is 2.05 bits per heavy atom. The average Bonchev–Trinajstić information content (AvgIpc) is 2.72. The van der Waals surface area contributed by atoms with Gasteiger partial charge in [0.15, 0.2) is 0 Å². The van der Waals surface area contributed by atoms with Gasteiger partial charge in [0, 0.05) is 16.2 Å². The van der Waals surface area contributed by atoms with Gasteiger partial charge < -0.3 is 10.4 Å². The van der Waals surface area contributed by atoms with E-state index >= 15 is 0 Å². The first-order valence-electron chi connectivity index (χ1n) is 6.31. The molecule has 0 aliphatic carbocycles. The number of hydrogen-bond donors (Lipinski definition) is 2. The molecule has 19 heavy (non-hydrogen) atoms. The number of rotatable bonds is 6. The van der Waals surface area contributed by atoms with Crippen molar-refractivity contribution in [1.82, 2.24) is 5.32 Å². The molecule has 1 heterocycles. The van der Waals surface area contributed by atoms with Gasteiger partial charge in [0.25, 0.3) is 0 Å². The molecule has 0 spiro atoms. The fourth-order valence-electron chi connectivity index (χ4n) is 1.69. The molecule has 0 radical (unpaired) electrons. The molecule has 0 bridgehead atoms. The summed E-state index contributed by atoms with van der Waals surface area (Å²) < 4.78 is 0. The lowest BCUT2D eigenvalue weighted by Gasteiger charge is -2.28. The quantitative estimate of drug-likeness (QED) is 0.843. The van der Waals surface area contributed by atoms with E-state index in [-0.39, 0.29) is 18.2 Å². The van der Waals surface area contributed by atoms with Crippen LogP contribution in [0.1, 0.15) is 36.9 Å². The normalized spacial score (nSPS) is 14.2. The number of aryl methyl sites for hydroxylation is 1. The lowest BCUT2D eigenvalue weighted by atomic mass is 9.76. The minimum atomic E-state index is -1.02. The molecule has 0 fully saturated rings. The number of carboxylic acid groups (broad SMARTS) is 1. The molecule has 5 heteroatoms. The topological polar surface area (TPSA) is 66.4 Å². The maximum Gasteiger partial charge on any atom is 0.310 e. The van der Waals surface area contributed by atoms with Crippen LogP contribution in [0.4, 0.5) is 0 Å². The summed E-state index contributed by atoms with van der Waals surface area (Å²) in [7, 11) is 0. The van der Waals surface area contributed by atoms with E-state index in [2.05, 4.69) is 5.32 Å². The second kappa shape index (κ2) is 6.19. The monoisotopic (exact) mass is 283 g/mol. The van der Waals surface area contributed by atoms with Gasteiger partial charge in [-0.25, -0.2) is 0 Å². The summed E-state index contributed by atoms with van der Waals surface area (Å²) in [5.41, 5.74) is -1.02. The van der Waals surface area contributed by atoms with Crippen molar-refractivity contribution in [3.05, 3.63) is 21.9 Å². The third-order valence-corrected chi connectivity index (χ3v) is 4.55. The number of carboxylic acids is 1. The fourth-order valence-corrected chi connectivity index (χ4v) is 2.52. The molecule has 106 valence electrons. The minimum Gasteiger partial charge on any atom is -0.481 e. The SMILES string of the molecule is Cc1ccc(CNC(=O)CC(C)(C(=O)O)C(C)C)s1. The molecule has 2 N–H and O–H groups in total. The van der Waals surface area contributed by atoms with Gasteiger partial charge in [-0.05, 0) is 31.9 Å². The molecule has 0 aliphatic rings. The van der Waals surface area contributed by atoms with Crippen molar-refractivity contribution in [2.45, 2.75) is 40.7 Å². The Morgan fingerprint density at radius 1 is 1.42 bits per heavy atom. The second-order valence-electron chi connectivity index (χ2n) is 5.34. The Bertz CT molecular complexity index is 467. The van der Waals surface area contributed by atoms with Crippen molar-refractivity contribution < 1.29 is 14.7 Å². The molecular weight excluding hydrogens is 262 g/mol. The molecule has 1 rings (SSSR count). The average molecular weight is 283 g/mol. The molecule has 0 aromatic carbocycles. The van der Waals surface area contributed by atoms with Crippen molar-refractivity contribution in [2.75, 3.05) is 0 Å². The maximum absolute atomic E-state index is 11.9. The zero-order chi connectivity index (χ0) is 14.6. The maximum atomic E-state index is 11.9. The standard InChI is InChI=1S/C14H21NO3S/c1-9(2)14(4,13(17)18)7-12(16)15-8-11-6-5-10(3)19-11/h5-6,9H,7-8H2,1-4H3,(H,15,16)(H,17,18). The van der Waals surface area contributed by atoms with Crippen LogP contribution in [-0.4, -0.2) is 17.0 Å². The first-order chi connectivity index (χ1) is 8.75. The fraction of sp³-hybridized carbons (Fsp3) is 0.571. The van der Waals surface area contributed by atoms with Crippen LogP contribution in [0.25, 0.3) is 0 Å². The molecule has 4 nitrogen and oxygen atoms in total. The van der Waals surface area contributed by atoms with E-state index in [0.717, 1.165) is 4.88 Å². The molecule has 1 aromatic heterocycles. The Morgan fingerprint density at radius 3 is 2.47 bits per heavy atom. The first kappa shape index (κ1) is 15.7. The molecular formula is C14H21NO3S. The van der Waals surface area contributed by atoms with Crippen LogP contribution >= 0.6 is 11.3 Å². The smallest absolute Gasteiger partial charge is 0.310 e. The van der Waals surface area contributed by atoms with Crippen molar-refractivity contribution in [2.24, 2.45) is 11.3 Å². The van der Waals surface area contributed by atoms with Crippen LogP contribution in [0.3, 0.4) is 0 Å². The summed E-state index contributed by atoms with van der Waals surface area (Å²) in [5.74, 6) is -1.24. The van der Waals surface area contributed by atoms with Crippen molar-refractivity contribution in [3.8, 4) is 0 Å². The van der Waals surface area contributed by atoms with Gasteiger partial charge in [-0.2, -0.15) is 0 Å². The van der Waals surface area contributed by atoms with Gasteiger partial charge in [-0.3, -0.25) is 9.59 Å². The zero-order valence-corrected chi connectivity index (χ0v) is 12.6. The summed E-state index contributed by atoms with van der Waals surface area (Å²) in [6.45, 7) is 7.74. The third kappa shape index (κ3) is 4.06. The highest BCUT2D eigenvalue weighted by molar-refractivity contribution is 7.11. The number of thiophene rings is 1. The van der Waals surface area contributed by atoms with Crippen LogP contribution < -0.4 is 5.32 Å². The Hall–Kier alpha value is -1.36. The van der Waals surface area contributed by atoms with Gasteiger partial charge in [0.05, 0.1) is 12.0 Å². The van der Waals surface area contributed by atoms with Crippen molar-refractivity contribution >= 4 is 23.2 Å². The van der Waals surface area contributed by atoms with Gasteiger partial charge in [-0.15, -0.1) is 11.3 Å². The minimum absolute atomic E-state index is 0.00432. The predicted octanol–water partition coefficient (Wildman–Crippen LogP) is 2.81. The summed E-state index contributed by atoms with van der Waals surface area (Å²) in [5, 5.41) is 12.0. The largest absolute Gasteiger partial charge is 0.481 e. The van der Waals surface area contributed by atoms with Crippen molar-refractivity contribution in [3.63, 3.8) is 0 Å². The first-order valence-corrected chi connectivity index (χ1v) is 7.12. The molecule has 0 saturated heterocycles. The summed E-state index contributed by atoms with van der Waals surface area (Å²) in [6.07, 6.45) is 0.00432. The van der Waals surface area contributed by atoms with Gasteiger partial charge in [0.1, 0.15) is 0 Å². The van der Waals surface area contributed by atoms with E-state index in [1.807, 2.05) is 32.9 Å². The molecule has 0 saturated carbocycles. The highest BCUT2D eigenvalue weighted by Crippen LogP contribution is 2.31. The zero-order valence-electron chi connectivity index (χ0n) is 11.8. The number of aliphatic carboxylic acids is 1. The lowest BCUT2D eigenvalue weighted by molar-refractivity contribution is -0.153. The van der Waals surface area contributed by atoms with E-state index in [9.17, 15) is 14.7 Å². The van der Waals surface area contributed by atoms with E-state index in [1.165, 1.54) is 4.88 Å². The van der Waals surface area contributed by atoms with E-state index in [1.54, 1.807) is 18.3 Å². The van der Waals surface area contributed by atoms with Crippen LogP contribution in [-0.2, 0) is 16.1 Å². The van der Waals surface area contributed by atoms with Crippen molar-refractivity contribution in [1.29, 1.82) is 0 Å². The van der Waals surface area contributed by atoms with Gasteiger partial charge in [0.2, 0.25) is 5.91 Å². The molecule has 1 unspecified atom stereocenters. The number of hydrogen-bond acceptors (Lipinski definition) is 3. The summed E-state index contributed by atoms with van der Waals surface area (Å²) >= 11 is 1.63. The lowest BCUT2D eigenvalue weighted by Crippen LogP contribution is -2.38. The van der Waals surface area contributed by atoms with Crippen LogP contribution in [0, 0.1) is 18.3 Å². The number of amides is 1.